The van der Waals surface area contributed by atoms with Crippen LogP contribution in [0.2, 0.25) is 0 Å². The maximum atomic E-state index is 14.0. The molecular formula is C26H24F2N6. The van der Waals surface area contributed by atoms with E-state index in [9.17, 15) is 8.78 Å². The van der Waals surface area contributed by atoms with Crippen molar-refractivity contribution < 1.29 is 8.78 Å². The molecule has 34 heavy (non-hydrogen) atoms. The molecule has 0 aliphatic carbocycles. The molecule has 1 N–H and O–H groups in total. The summed E-state index contributed by atoms with van der Waals surface area (Å²) in [6.45, 7) is 4.49. The van der Waals surface area contributed by atoms with E-state index in [-0.39, 0.29) is 5.56 Å². The molecule has 1 aliphatic heterocycles. The van der Waals surface area contributed by atoms with Gasteiger partial charge in [0.2, 0.25) is 5.95 Å². The summed E-state index contributed by atoms with van der Waals surface area (Å²) in [5.41, 5.74) is 3.81. The SMILES string of the molecule is N#Cc1ccc2[nH]cc(CCCN3CCN(c4ncc(-c5ccc(F)cc5F)cn4)CC3)c2c1. The summed E-state index contributed by atoms with van der Waals surface area (Å²) < 4.78 is 27.2. The largest absolute Gasteiger partial charge is 0.361 e. The summed E-state index contributed by atoms with van der Waals surface area (Å²) in [6.07, 6.45) is 7.22. The van der Waals surface area contributed by atoms with Gasteiger partial charge in [-0.25, -0.2) is 18.7 Å². The maximum Gasteiger partial charge on any atom is 0.225 e. The van der Waals surface area contributed by atoms with Crippen molar-refractivity contribution in [2.24, 2.45) is 0 Å². The van der Waals surface area contributed by atoms with Crippen molar-refractivity contribution in [3.63, 3.8) is 0 Å². The molecule has 8 heteroatoms. The van der Waals surface area contributed by atoms with Crippen LogP contribution in [0.3, 0.4) is 0 Å². The highest BCUT2D eigenvalue weighted by Crippen LogP contribution is 2.24. The van der Waals surface area contributed by atoms with E-state index in [4.69, 9.17) is 5.26 Å². The molecule has 172 valence electrons. The van der Waals surface area contributed by atoms with Crippen molar-refractivity contribution >= 4 is 16.9 Å². The first kappa shape index (κ1) is 22.0. The second-order valence-electron chi connectivity index (χ2n) is 8.51. The fraction of sp³-hybridized carbons (Fsp3) is 0.269. The van der Waals surface area contributed by atoms with Crippen molar-refractivity contribution in [2.75, 3.05) is 37.6 Å². The number of benzene rings is 2. The second-order valence-corrected chi connectivity index (χ2v) is 8.51. The highest BCUT2D eigenvalue weighted by Gasteiger charge is 2.19. The van der Waals surface area contributed by atoms with Crippen LogP contribution >= 0.6 is 0 Å². The number of H-pyrrole nitrogens is 1. The van der Waals surface area contributed by atoms with Crippen LogP contribution in [-0.4, -0.2) is 52.6 Å². The molecule has 4 aromatic rings. The van der Waals surface area contributed by atoms with Crippen molar-refractivity contribution in [1.29, 1.82) is 5.26 Å². The summed E-state index contributed by atoms with van der Waals surface area (Å²) in [7, 11) is 0. The Morgan fingerprint density at radius 3 is 2.53 bits per heavy atom. The third-order valence-corrected chi connectivity index (χ3v) is 6.35. The molecule has 0 bridgehead atoms. The maximum absolute atomic E-state index is 14.0. The fourth-order valence-corrected chi connectivity index (χ4v) is 4.47. The first-order chi connectivity index (χ1) is 16.6. The van der Waals surface area contributed by atoms with E-state index in [0.717, 1.165) is 62.5 Å². The average molecular weight is 459 g/mol. The molecule has 2 aromatic carbocycles. The number of anilines is 1. The van der Waals surface area contributed by atoms with E-state index in [1.165, 1.54) is 17.7 Å². The molecule has 5 rings (SSSR count). The second kappa shape index (κ2) is 9.57. The van der Waals surface area contributed by atoms with Crippen LogP contribution in [0, 0.1) is 23.0 Å². The molecule has 2 aromatic heterocycles. The minimum absolute atomic E-state index is 0.289. The predicted octanol–water partition coefficient (Wildman–Crippen LogP) is 4.53. The van der Waals surface area contributed by atoms with Crippen LogP contribution in [-0.2, 0) is 6.42 Å². The van der Waals surface area contributed by atoms with Crippen molar-refractivity contribution in [1.82, 2.24) is 19.9 Å². The van der Waals surface area contributed by atoms with Gasteiger partial charge in [-0.3, -0.25) is 4.90 Å². The number of fused-ring (bicyclic) bond motifs is 1. The zero-order valence-electron chi connectivity index (χ0n) is 18.6. The highest BCUT2D eigenvalue weighted by atomic mass is 19.1. The summed E-state index contributed by atoms with van der Waals surface area (Å²) in [5.74, 6) is -0.604. The van der Waals surface area contributed by atoms with E-state index in [2.05, 4.69) is 30.8 Å². The summed E-state index contributed by atoms with van der Waals surface area (Å²) in [4.78, 5) is 16.7. The number of nitriles is 1. The van der Waals surface area contributed by atoms with Gasteiger partial charge in [0.15, 0.2) is 0 Å². The molecule has 6 nitrogen and oxygen atoms in total. The number of piperazine rings is 1. The van der Waals surface area contributed by atoms with Crippen LogP contribution < -0.4 is 4.90 Å². The minimum Gasteiger partial charge on any atom is -0.361 e. The lowest BCUT2D eigenvalue weighted by molar-refractivity contribution is 0.254. The Morgan fingerprint density at radius 1 is 1.00 bits per heavy atom. The minimum atomic E-state index is -0.622. The van der Waals surface area contributed by atoms with Gasteiger partial charge in [0.05, 0.1) is 11.6 Å². The van der Waals surface area contributed by atoms with Gasteiger partial charge in [0, 0.05) is 72.9 Å². The summed E-state index contributed by atoms with van der Waals surface area (Å²) in [6, 6.07) is 11.5. The normalized spacial score (nSPS) is 14.4. The third kappa shape index (κ3) is 4.61. The van der Waals surface area contributed by atoms with Crippen molar-refractivity contribution in [3.8, 4) is 17.2 Å². The quantitative estimate of drug-likeness (QED) is 0.460. The number of rotatable bonds is 6. The molecule has 1 aliphatic rings. The van der Waals surface area contributed by atoms with E-state index in [1.807, 2.05) is 24.4 Å². The number of nitrogens with one attached hydrogen (secondary N) is 1. The van der Waals surface area contributed by atoms with Gasteiger partial charge in [0.1, 0.15) is 11.6 Å². The Bertz CT molecular complexity index is 1330. The van der Waals surface area contributed by atoms with Crippen molar-refractivity contribution in [3.05, 3.63) is 77.8 Å². The molecule has 0 radical (unpaired) electrons. The lowest BCUT2D eigenvalue weighted by Crippen LogP contribution is -2.47. The number of hydrogen-bond donors (Lipinski definition) is 1. The Balaban J connectivity index is 1.13. The molecule has 3 heterocycles. The van der Waals surface area contributed by atoms with E-state index < -0.39 is 11.6 Å². The lowest BCUT2D eigenvalue weighted by atomic mass is 10.1. The van der Waals surface area contributed by atoms with Gasteiger partial charge in [-0.15, -0.1) is 0 Å². The van der Waals surface area contributed by atoms with E-state index >= 15 is 0 Å². The standard InChI is InChI=1S/C26H24F2N6/c27-21-4-5-22(24(28)13-21)20-16-31-26(32-17-20)34-10-8-33(9-11-34)7-1-2-19-15-30-25-6-3-18(14-29)12-23(19)25/h3-6,12-13,15-17,30H,1-2,7-11H2. The Hall–Kier alpha value is -3.83. The van der Waals surface area contributed by atoms with Gasteiger partial charge in [0.25, 0.3) is 0 Å². The zero-order valence-corrected chi connectivity index (χ0v) is 18.6. The number of halogens is 2. The highest BCUT2D eigenvalue weighted by molar-refractivity contribution is 5.84. The van der Waals surface area contributed by atoms with Gasteiger partial charge in [-0.05, 0) is 55.3 Å². The lowest BCUT2D eigenvalue weighted by Gasteiger charge is -2.34. The summed E-state index contributed by atoms with van der Waals surface area (Å²) >= 11 is 0. The zero-order chi connectivity index (χ0) is 23.5. The molecule has 0 spiro atoms. The molecular weight excluding hydrogens is 434 g/mol. The number of aryl methyl sites for hydroxylation is 1. The van der Waals surface area contributed by atoms with Crippen molar-refractivity contribution in [2.45, 2.75) is 12.8 Å². The first-order valence-corrected chi connectivity index (χ1v) is 11.4. The fourth-order valence-electron chi connectivity index (χ4n) is 4.47. The number of aromatic amines is 1. The monoisotopic (exact) mass is 458 g/mol. The van der Waals surface area contributed by atoms with Crippen LogP contribution in [0.25, 0.3) is 22.0 Å². The van der Waals surface area contributed by atoms with Gasteiger partial charge < -0.3 is 9.88 Å². The van der Waals surface area contributed by atoms with Gasteiger partial charge in [-0.2, -0.15) is 5.26 Å². The molecule has 1 saturated heterocycles. The Kier molecular flexibility index (Phi) is 6.19. The topological polar surface area (TPSA) is 71.8 Å². The van der Waals surface area contributed by atoms with Gasteiger partial charge >= 0.3 is 0 Å². The molecule has 0 atom stereocenters. The summed E-state index contributed by atoms with van der Waals surface area (Å²) in [5, 5.41) is 10.3. The predicted molar refractivity (Wildman–Crippen MR) is 127 cm³/mol. The third-order valence-electron chi connectivity index (χ3n) is 6.35. The van der Waals surface area contributed by atoms with E-state index in [1.54, 1.807) is 12.4 Å². The van der Waals surface area contributed by atoms with E-state index in [0.29, 0.717) is 17.1 Å². The smallest absolute Gasteiger partial charge is 0.225 e. The average Bonchev–Trinajstić information content (AvgIpc) is 3.27. The number of hydrogen-bond acceptors (Lipinski definition) is 5. The van der Waals surface area contributed by atoms with Crippen LogP contribution in [0.1, 0.15) is 17.5 Å². The van der Waals surface area contributed by atoms with Crippen LogP contribution in [0.4, 0.5) is 14.7 Å². The molecule has 1 fully saturated rings. The van der Waals surface area contributed by atoms with Crippen LogP contribution in [0.5, 0.6) is 0 Å². The first-order valence-electron chi connectivity index (χ1n) is 11.4. The Morgan fingerprint density at radius 2 is 1.79 bits per heavy atom. The van der Waals surface area contributed by atoms with Gasteiger partial charge in [-0.1, -0.05) is 0 Å². The Labute approximate surface area is 196 Å². The molecule has 0 saturated carbocycles. The number of aromatic nitrogens is 3. The number of nitrogens with zero attached hydrogens (tertiary/aromatic N) is 5. The van der Waals surface area contributed by atoms with Crippen LogP contribution in [0.15, 0.2) is 55.0 Å². The molecule has 0 unspecified atom stereocenters. The molecule has 0 amide bonds.